The van der Waals surface area contributed by atoms with Gasteiger partial charge in [0.25, 0.3) is 5.91 Å². The molecule has 5 rings (SSSR count). The zero-order valence-corrected chi connectivity index (χ0v) is 22.2. The minimum atomic E-state index is -0.0587. The molecule has 1 aromatic heterocycles. The molecule has 6 nitrogen and oxygen atoms in total. The number of H-pyrrole nitrogens is 1. The standard InChI is InChI=1S/C32H35N3O3/c1-3-38-27-16-12-24(13-17-27)21-34(19-18-25-20-33-30-11-7-6-10-29(25)30)31(36)22-35(26-14-15-26)32(37)28-9-5-4-8-23(28)2/h4-13,16-17,20,26,33H,3,14-15,18-19,21-22H2,1-2H3. The number of aromatic nitrogens is 1. The molecule has 6 heteroatoms. The van der Waals surface area contributed by atoms with Crippen molar-refractivity contribution in [3.63, 3.8) is 0 Å². The van der Waals surface area contributed by atoms with Crippen LogP contribution < -0.4 is 4.74 Å². The molecule has 0 spiro atoms. The van der Waals surface area contributed by atoms with Gasteiger partial charge in [0.15, 0.2) is 0 Å². The van der Waals surface area contributed by atoms with E-state index in [4.69, 9.17) is 4.74 Å². The summed E-state index contributed by atoms with van der Waals surface area (Å²) in [6.45, 7) is 5.64. The number of nitrogens with one attached hydrogen (secondary N) is 1. The Morgan fingerprint density at radius 3 is 2.45 bits per heavy atom. The van der Waals surface area contributed by atoms with Gasteiger partial charge in [-0.25, -0.2) is 0 Å². The lowest BCUT2D eigenvalue weighted by Crippen LogP contribution is -2.44. The fourth-order valence-electron chi connectivity index (χ4n) is 4.93. The molecule has 3 aromatic carbocycles. The Morgan fingerprint density at radius 2 is 1.71 bits per heavy atom. The Labute approximate surface area is 224 Å². The predicted octanol–water partition coefficient (Wildman–Crippen LogP) is 5.75. The first kappa shape index (κ1) is 25.6. The topological polar surface area (TPSA) is 65.6 Å². The number of hydrogen-bond acceptors (Lipinski definition) is 3. The van der Waals surface area contributed by atoms with E-state index in [1.54, 1.807) is 4.90 Å². The van der Waals surface area contributed by atoms with E-state index in [9.17, 15) is 9.59 Å². The van der Waals surface area contributed by atoms with Gasteiger partial charge in [-0.1, -0.05) is 48.5 Å². The van der Waals surface area contributed by atoms with Gasteiger partial charge in [-0.3, -0.25) is 9.59 Å². The quantitative estimate of drug-likeness (QED) is 0.280. The lowest BCUT2D eigenvalue weighted by Gasteiger charge is -2.28. The van der Waals surface area contributed by atoms with Gasteiger partial charge < -0.3 is 19.5 Å². The Balaban J connectivity index is 1.35. The molecule has 4 aromatic rings. The molecule has 1 heterocycles. The highest BCUT2D eigenvalue weighted by atomic mass is 16.5. The Hall–Kier alpha value is -4.06. The Bertz CT molecular complexity index is 1410. The highest BCUT2D eigenvalue weighted by Gasteiger charge is 2.35. The smallest absolute Gasteiger partial charge is 0.254 e. The van der Waals surface area contributed by atoms with Crippen LogP contribution in [0, 0.1) is 6.92 Å². The number of carbonyl (C=O) groups excluding carboxylic acids is 2. The van der Waals surface area contributed by atoms with Gasteiger partial charge in [-0.15, -0.1) is 0 Å². The first-order valence-corrected chi connectivity index (χ1v) is 13.4. The van der Waals surface area contributed by atoms with Crippen LogP contribution in [-0.2, 0) is 17.8 Å². The lowest BCUT2D eigenvalue weighted by molar-refractivity contribution is -0.132. The first-order chi connectivity index (χ1) is 18.5. The molecule has 38 heavy (non-hydrogen) atoms. The summed E-state index contributed by atoms with van der Waals surface area (Å²) in [5.41, 5.74) is 4.91. The van der Waals surface area contributed by atoms with Crippen LogP contribution in [0.2, 0.25) is 0 Å². The molecule has 1 saturated carbocycles. The van der Waals surface area contributed by atoms with Crippen molar-refractivity contribution in [2.75, 3.05) is 19.7 Å². The average Bonchev–Trinajstić information content (AvgIpc) is 3.70. The fourth-order valence-corrected chi connectivity index (χ4v) is 4.93. The molecule has 196 valence electrons. The van der Waals surface area contributed by atoms with E-state index in [0.717, 1.165) is 41.7 Å². The van der Waals surface area contributed by atoms with Crippen LogP contribution in [0.5, 0.6) is 5.75 Å². The van der Waals surface area contributed by atoms with Gasteiger partial charge >= 0.3 is 0 Å². The summed E-state index contributed by atoms with van der Waals surface area (Å²) in [4.78, 5) is 34.3. The zero-order chi connectivity index (χ0) is 26.5. The minimum Gasteiger partial charge on any atom is -0.494 e. The molecule has 1 aliphatic carbocycles. The molecule has 0 bridgehead atoms. The molecule has 2 amide bonds. The van der Waals surface area contributed by atoms with Crippen molar-refractivity contribution in [1.82, 2.24) is 14.8 Å². The third-order valence-corrected chi connectivity index (χ3v) is 7.22. The molecule has 0 atom stereocenters. The Morgan fingerprint density at radius 1 is 0.974 bits per heavy atom. The summed E-state index contributed by atoms with van der Waals surface area (Å²) in [7, 11) is 0. The SMILES string of the molecule is CCOc1ccc(CN(CCc2c[nH]c3ccccc23)C(=O)CN(C(=O)c2ccccc2C)C2CC2)cc1. The predicted molar refractivity (Wildman–Crippen MR) is 150 cm³/mol. The van der Waals surface area contributed by atoms with Crippen LogP contribution in [0.1, 0.15) is 46.8 Å². The Kier molecular flexibility index (Phi) is 7.78. The second-order valence-electron chi connectivity index (χ2n) is 9.98. The molecular weight excluding hydrogens is 474 g/mol. The number of hydrogen-bond donors (Lipinski definition) is 1. The van der Waals surface area contributed by atoms with Crippen molar-refractivity contribution in [3.8, 4) is 5.75 Å². The van der Waals surface area contributed by atoms with Crippen LogP contribution >= 0.6 is 0 Å². The zero-order valence-electron chi connectivity index (χ0n) is 22.2. The van der Waals surface area contributed by atoms with Gasteiger partial charge in [0, 0.05) is 41.8 Å². The fraction of sp³-hybridized carbons (Fsp3) is 0.312. The summed E-state index contributed by atoms with van der Waals surface area (Å²) in [6.07, 6.45) is 4.64. The van der Waals surface area contributed by atoms with E-state index >= 15 is 0 Å². The van der Waals surface area contributed by atoms with Crippen molar-refractivity contribution < 1.29 is 14.3 Å². The van der Waals surface area contributed by atoms with Crippen LogP contribution in [0.25, 0.3) is 10.9 Å². The maximum atomic E-state index is 13.8. The van der Waals surface area contributed by atoms with E-state index in [0.29, 0.717) is 25.3 Å². The molecule has 1 N–H and O–H groups in total. The number of rotatable bonds is 11. The van der Waals surface area contributed by atoms with Gasteiger partial charge in [0.1, 0.15) is 12.3 Å². The summed E-state index contributed by atoms with van der Waals surface area (Å²) in [5.74, 6) is 0.723. The molecule has 0 saturated heterocycles. The van der Waals surface area contributed by atoms with Crippen LogP contribution in [-0.4, -0.2) is 52.3 Å². The summed E-state index contributed by atoms with van der Waals surface area (Å²) in [6, 6.07) is 23.9. The highest BCUT2D eigenvalue weighted by Crippen LogP contribution is 2.29. The average molecular weight is 510 g/mol. The maximum Gasteiger partial charge on any atom is 0.254 e. The van der Waals surface area contributed by atoms with E-state index in [1.807, 2.05) is 85.6 Å². The number of amides is 2. The van der Waals surface area contributed by atoms with Crippen molar-refractivity contribution in [2.45, 2.75) is 45.7 Å². The van der Waals surface area contributed by atoms with E-state index in [-0.39, 0.29) is 24.4 Å². The van der Waals surface area contributed by atoms with Crippen LogP contribution in [0.15, 0.2) is 79.0 Å². The van der Waals surface area contributed by atoms with E-state index in [1.165, 1.54) is 10.9 Å². The largest absolute Gasteiger partial charge is 0.494 e. The molecule has 1 fully saturated rings. The number of ether oxygens (including phenoxy) is 1. The van der Waals surface area contributed by atoms with E-state index in [2.05, 4.69) is 17.1 Å². The van der Waals surface area contributed by atoms with Crippen LogP contribution in [0.4, 0.5) is 0 Å². The van der Waals surface area contributed by atoms with Gasteiger partial charge in [0.2, 0.25) is 5.91 Å². The normalized spacial score (nSPS) is 12.9. The minimum absolute atomic E-state index is 0.0347. The number of carbonyl (C=O) groups is 2. The van der Waals surface area contributed by atoms with Gasteiger partial charge in [0.05, 0.1) is 6.61 Å². The molecule has 0 aliphatic heterocycles. The highest BCUT2D eigenvalue weighted by molar-refractivity contribution is 5.98. The summed E-state index contributed by atoms with van der Waals surface area (Å²) < 4.78 is 5.59. The van der Waals surface area contributed by atoms with Crippen molar-refractivity contribution in [3.05, 3.63) is 101 Å². The third kappa shape index (κ3) is 5.91. The maximum absolute atomic E-state index is 13.8. The third-order valence-electron chi connectivity index (χ3n) is 7.22. The second-order valence-corrected chi connectivity index (χ2v) is 9.98. The molecule has 0 unspecified atom stereocenters. The van der Waals surface area contributed by atoms with Crippen molar-refractivity contribution in [1.29, 1.82) is 0 Å². The first-order valence-electron chi connectivity index (χ1n) is 13.4. The lowest BCUT2D eigenvalue weighted by atomic mass is 10.1. The molecular formula is C32H35N3O3. The number of aryl methyl sites for hydroxylation is 1. The number of fused-ring (bicyclic) bond motifs is 1. The monoisotopic (exact) mass is 509 g/mol. The van der Waals surface area contributed by atoms with Gasteiger partial charge in [-0.2, -0.15) is 0 Å². The van der Waals surface area contributed by atoms with Crippen molar-refractivity contribution >= 4 is 22.7 Å². The molecule has 0 radical (unpaired) electrons. The summed E-state index contributed by atoms with van der Waals surface area (Å²) in [5, 5.41) is 1.18. The number of benzene rings is 3. The number of aromatic amines is 1. The van der Waals surface area contributed by atoms with Crippen LogP contribution in [0.3, 0.4) is 0 Å². The van der Waals surface area contributed by atoms with Gasteiger partial charge in [-0.05, 0) is 74.1 Å². The second kappa shape index (κ2) is 11.5. The van der Waals surface area contributed by atoms with E-state index < -0.39 is 0 Å². The number of nitrogens with zero attached hydrogens (tertiary/aromatic N) is 2. The van der Waals surface area contributed by atoms with Crippen molar-refractivity contribution in [2.24, 2.45) is 0 Å². The molecule has 1 aliphatic rings. The number of para-hydroxylation sites is 1. The summed E-state index contributed by atoms with van der Waals surface area (Å²) >= 11 is 0.